The van der Waals surface area contributed by atoms with Crippen molar-refractivity contribution in [2.75, 3.05) is 0 Å². The molecular formula is C11H9F2NO3. The molecule has 0 unspecified atom stereocenters. The molecule has 0 radical (unpaired) electrons. The first-order chi connectivity index (χ1) is 7.88. The third-order valence-corrected chi connectivity index (χ3v) is 2.30. The SMILES string of the molecule is Cc1nc2cc(CC(F)(F)C(=O)O)ccc2o1. The first kappa shape index (κ1) is 11.5. The van der Waals surface area contributed by atoms with Gasteiger partial charge in [0, 0.05) is 13.3 Å². The van der Waals surface area contributed by atoms with Crippen molar-refractivity contribution in [1.82, 2.24) is 4.98 Å². The third-order valence-electron chi connectivity index (χ3n) is 2.30. The van der Waals surface area contributed by atoms with E-state index in [0.29, 0.717) is 17.0 Å². The number of aliphatic carboxylic acids is 1. The number of hydrogen-bond donors (Lipinski definition) is 1. The number of halogens is 2. The normalized spacial score (nSPS) is 11.9. The lowest BCUT2D eigenvalue weighted by Crippen LogP contribution is -2.30. The molecule has 1 N–H and O–H groups in total. The van der Waals surface area contributed by atoms with Gasteiger partial charge in [-0.05, 0) is 17.7 Å². The predicted molar refractivity (Wildman–Crippen MR) is 55.0 cm³/mol. The molecule has 0 amide bonds. The quantitative estimate of drug-likeness (QED) is 0.896. The summed E-state index contributed by atoms with van der Waals surface area (Å²) in [6.07, 6.45) is -0.857. The summed E-state index contributed by atoms with van der Waals surface area (Å²) < 4.78 is 31.2. The molecule has 0 aliphatic carbocycles. The molecule has 1 heterocycles. The third kappa shape index (κ3) is 2.25. The van der Waals surface area contributed by atoms with Gasteiger partial charge in [0.25, 0.3) is 0 Å². The highest BCUT2D eigenvalue weighted by atomic mass is 19.3. The second kappa shape index (κ2) is 3.80. The zero-order valence-electron chi connectivity index (χ0n) is 8.91. The molecule has 4 nitrogen and oxygen atoms in total. The zero-order chi connectivity index (χ0) is 12.6. The van der Waals surface area contributed by atoms with Crippen LogP contribution in [0.15, 0.2) is 22.6 Å². The number of oxazole rings is 1. The summed E-state index contributed by atoms with van der Waals surface area (Å²) in [4.78, 5) is 14.3. The Labute approximate surface area is 94.9 Å². The van der Waals surface area contributed by atoms with Crippen molar-refractivity contribution in [2.24, 2.45) is 0 Å². The lowest BCUT2D eigenvalue weighted by atomic mass is 10.1. The van der Waals surface area contributed by atoms with E-state index in [1.54, 1.807) is 6.92 Å². The molecule has 1 aromatic carbocycles. The van der Waals surface area contributed by atoms with Crippen LogP contribution in [0.1, 0.15) is 11.5 Å². The predicted octanol–water partition coefficient (Wildman–Crippen LogP) is 2.40. The maximum Gasteiger partial charge on any atom is 0.374 e. The van der Waals surface area contributed by atoms with Gasteiger partial charge in [0.1, 0.15) is 5.52 Å². The highest BCUT2D eigenvalue weighted by molar-refractivity contribution is 5.77. The van der Waals surface area contributed by atoms with E-state index in [9.17, 15) is 13.6 Å². The topological polar surface area (TPSA) is 63.3 Å². The molecular weight excluding hydrogens is 232 g/mol. The summed E-state index contributed by atoms with van der Waals surface area (Å²) in [5, 5.41) is 8.34. The van der Waals surface area contributed by atoms with Gasteiger partial charge in [-0.1, -0.05) is 6.07 Å². The van der Waals surface area contributed by atoms with Crippen molar-refractivity contribution >= 4 is 17.1 Å². The number of carboxylic acids is 1. The van der Waals surface area contributed by atoms with E-state index >= 15 is 0 Å². The Morgan fingerprint density at radius 2 is 2.24 bits per heavy atom. The fraction of sp³-hybridized carbons (Fsp3) is 0.273. The van der Waals surface area contributed by atoms with Crippen LogP contribution in [0.3, 0.4) is 0 Å². The summed E-state index contributed by atoms with van der Waals surface area (Å²) in [7, 11) is 0. The highest BCUT2D eigenvalue weighted by Crippen LogP contribution is 2.23. The minimum absolute atomic E-state index is 0.207. The second-order valence-corrected chi connectivity index (χ2v) is 3.72. The van der Waals surface area contributed by atoms with Gasteiger partial charge in [0.15, 0.2) is 11.5 Å². The Kier molecular flexibility index (Phi) is 2.57. The number of carboxylic acid groups (broad SMARTS) is 1. The number of rotatable bonds is 3. The zero-order valence-corrected chi connectivity index (χ0v) is 8.91. The summed E-state index contributed by atoms with van der Waals surface area (Å²) in [5.74, 6) is -5.47. The van der Waals surface area contributed by atoms with Gasteiger partial charge in [0.05, 0.1) is 0 Å². The Bertz CT molecular complexity index is 577. The van der Waals surface area contributed by atoms with Crippen LogP contribution in [0.2, 0.25) is 0 Å². The van der Waals surface area contributed by atoms with Gasteiger partial charge in [-0.2, -0.15) is 8.78 Å². The molecule has 0 saturated heterocycles. The van der Waals surface area contributed by atoms with Gasteiger partial charge < -0.3 is 9.52 Å². The Morgan fingerprint density at radius 1 is 1.53 bits per heavy atom. The summed E-state index contributed by atoms with van der Waals surface area (Å²) in [6, 6.07) is 4.31. The number of fused-ring (bicyclic) bond motifs is 1. The number of aromatic nitrogens is 1. The average Bonchev–Trinajstić information content (AvgIpc) is 2.56. The first-order valence-corrected chi connectivity index (χ1v) is 4.86. The molecule has 0 saturated carbocycles. The van der Waals surface area contributed by atoms with Gasteiger partial charge >= 0.3 is 11.9 Å². The number of aryl methyl sites for hydroxylation is 1. The Balaban J connectivity index is 2.34. The number of alkyl halides is 2. The van der Waals surface area contributed by atoms with Crippen molar-refractivity contribution in [2.45, 2.75) is 19.3 Å². The molecule has 2 rings (SSSR count). The van der Waals surface area contributed by atoms with Gasteiger partial charge in [-0.25, -0.2) is 9.78 Å². The van der Waals surface area contributed by atoms with E-state index in [0.717, 1.165) is 0 Å². The summed E-state index contributed by atoms with van der Waals surface area (Å²) in [6.45, 7) is 1.64. The molecule has 6 heteroatoms. The van der Waals surface area contributed by atoms with Crippen LogP contribution in [0.5, 0.6) is 0 Å². The number of nitrogens with zero attached hydrogens (tertiary/aromatic N) is 1. The number of carbonyl (C=O) groups is 1. The van der Waals surface area contributed by atoms with Crippen molar-refractivity contribution in [1.29, 1.82) is 0 Å². The maximum atomic E-state index is 13.0. The highest BCUT2D eigenvalue weighted by Gasteiger charge is 2.38. The van der Waals surface area contributed by atoms with E-state index in [1.165, 1.54) is 18.2 Å². The minimum atomic E-state index is -3.77. The number of hydrogen-bond acceptors (Lipinski definition) is 3. The molecule has 2 aromatic rings. The summed E-state index contributed by atoms with van der Waals surface area (Å²) in [5.41, 5.74) is 1.14. The fourth-order valence-electron chi connectivity index (χ4n) is 1.53. The van der Waals surface area contributed by atoms with Crippen molar-refractivity contribution in [3.63, 3.8) is 0 Å². The van der Waals surface area contributed by atoms with Crippen molar-refractivity contribution in [3.05, 3.63) is 29.7 Å². The molecule has 0 atom stereocenters. The number of benzene rings is 1. The largest absolute Gasteiger partial charge is 0.477 e. The molecule has 0 spiro atoms. The maximum absolute atomic E-state index is 13.0. The monoisotopic (exact) mass is 241 g/mol. The average molecular weight is 241 g/mol. The van der Waals surface area contributed by atoms with Crippen LogP contribution >= 0.6 is 0 Å². The Morgan fingerprint density at radius 3 is 2.88 bits per heavy atom. The first-order valence-electron chi connectivity index (χ1n) is 4.86. The van der Waals surface area contributed by atoms with Crippen molar-refractivity contribution < 1.29 is 23.1 Å². The smallest absolute Gasteiger partial charge is 0.374 e. The summed E-state index contributed by atoms with van der Waals surface area (Å²) >= 11 is 0. The Hall–Kier alpha value is -1.98. The molecule has 90 valence electrons. The van der Waals surface area contributed by atoms with Gasteiger partial charge in [-0.15, -0.1) is 0 Å². The van der Waals surface area contributed by atoms with Gasteiger partial charge in [0.2, 0.25) is 0 Å². The molecule has 0 bridgehead atoms. The lowest BCUT2D eigenvalue weighted by Gasteiger charge is -2.10. The van der Waals surface area contributed by atoms with Crippen LogP contribution < -0.4 is 0 Å². The molecule has 0 aliphatic rings. The van der Waals surface area contributed by atoms with E-state index in [1.807, 2.05) is 0 Å². The lowest BCUT2D eigenvalue weighted by molar-refractivity contribution is -0.164. The van der Waals surface area contributed by atoms with Crippen LogP contribution in [-0.2, 0) is 11.2 Å². The van der Waals surface area contributed by atoms with Crippen LogP contribution in [-0.4, -0.2) is 22.0 Å². The fourth-order valence-corrected chi connectivity index (χ4v) is 1.53. The molecule has 0 fully saturated rings. The molecule has 1 aromatic heterocycles. The minimum Gasteiger partial charge on any atom is -0.477 e. The van der Waals surface area contributed by atoms with E-state index in [-0.39, 0.29) is 5.56 Å². The second-order valence-electron chi connectivity index (χ2n) is 3.72. The van der Waals surface area contributed by atoms with Crippen molar-refractivity contribution in [3.8, 4) is 0 Å². The van der Waals surface area contributed by atoms with E-state index in [2.05, 4.69) is 4.98 Å². The van der Waals surface area contributed by atoms with Crippen LogP contribution in [0.25, 0.3) is 11.1 Å². The van der Waals surface area contributed by atoms with Crippen LogP contribution in [0.4, 0.5) is 8.78 Å². The van der Waals surface area contributed by atoms with E-state index in [4.69, 9.17) is 9.52 Å². The van der Waals surface area contributed by atoms with Crippen LogP contribution in [0, 0.1) is 6.92 Å². The van der Waals surface area contributed by atoms with Gasteiger partial charge in [-0.3, -0.25) is 0 Å². The molecule has 17 heavy (non-hydrogen) atoms. The van der Waals surface area contributed by atoms with E-state index < -0.39 is 18.3 Å². The standard InChI is InChI=1S/C11H9F2NO3/c1-6-14-8-4-7(2-3-9(8)17-6)5-11(12,13)10(15)16/h2-4H,5H2,1H3,(H,15,16). The molecule has 0 aliphatic heterocycles.